The summed E-state index contributed by atoms with van der Waals surface area (Å²) in [6.45, 7) is 1.28. The van der Waals surface area contributed by atoms with Gasteiger partial charge >= 0.3 is 0 Å². The SMILES string of the molecule is O=C(NCc1nc(C2CC2)no1)C1CCCN(C(=O)c2ccc(Cl)cc2)C1. The molecule has 1 aromatic carbocycles. The van der Waals surface area contributed by atoms with E-state index in [0.717, 1.165) is 31.5 Å². The molecule has 1 aromatic heterocycles. The van der Waals surface area contributed by atoms with Gasteiger partial charge in [-0.3, -0.25) is 9.59 Å². The number of likely N-dealkylation sites (tertiary alicyclic amines) is 1. The molecule has 1 N–H and O–H groups in total. The van der Waals surface area contributed by atoms with Gasteiger partial charge in [-0.05, 0) is 49.9 Å². The van der Waals surface area contributed by atoms with Crippen LogP contribution in [0.1, 0.15) is 53.7 Å². The molecule has 2 amide bonds. The first-order chi connectivity index (χ1) is 13.1. The Morgan fingerprint density at radius 1 is 1.22 bits per heavy atom. The summed E-state index contributed by atoms with van der Waals surface area (Å²) in [5.74, 6) is 1.18. The molecule has 1 unspecified atom stereocenters. The average molecular weight is 389 g/mol. The predicted molar refractivity (Wildman–Crippen MR) is 98.2 cm³/mol. The molecule has 1 aliphatic heterocycles. The Morgan fingerprint density at radius 2 is 2.00 bits per heavy atom. The van der Waals surface area contributed by atoms with E-state index in [1.54, 1.807) is 29.2 Å². The highest BCUT2D eigenvalue weighted by Crippen LogP contribution is 2.38. The smallest absolute Gasteiger partial charge is 0.253 e. The molecule has 4 rings (SSSR count). The second-order valence-corrected chi connectivity index (χ2v) is 7.57. The van der Waals surface area contributed by atoms with E-state index < -0.39 is 0 Å². The van der Waals surface area contributed by atoms with Crippen molar-refractivity contribution in [1.29, 1.82) is 0 Å². The van der Waals surface area contributed by atoms with Crippen molar-refractivity contribution in [2.75, 3.05) is 13.1 Å². The molecular weight excluding hydrogens is 368 g/mol. The first-order valence-electron chi connectivity index (χ1n) is 9.25. The van der Waals surface area contributed by atoms with Crippen LogP contribution in [-0.2, 0) is 11.3 Å². The van der Waals surface area contributed by atoms with E-state index in [1.165, 1.54) is 0 Å². The van der Waals surface area contributed by atoms with Crippen molar-refractivity contribution in [2.24, 2.45) is 5.92 Å². The lowest BCUT2D eigenvalue weighted by Gasteiger charge is -2.32. The summed E-state index contributed by atoms with van der Waals surface area (Å²) in [7, 11) is 0. The molecule has 2 heterocycles. The van der Waals surface area contributed by atoms with Crippen LogP contribution in [0.25, 0.3) is 0 Å². The lowest BCUT2D eigenvalue weighted by atomic mass is 9.96. The van der Waals surface area contributed by atoms with E-state index in [9.17, 15) is 9.59 Å². The predicted octanol–water partition coefficient (Wildman–Crippen LogP) is 2.77. The third-order valence-corrected chi connectivity index (χ3v) is 5.26. The molecule has 1 saturated carbocycles. The monoisotopic (exact) mass is 388 g/mol. The summed E-state index contributed by atoms with van der Waals surface area (Å²) in [6.07, 6.45) is 3.76. The third kappa shape index (κ3) is 4.30. The molecule has 0 radical (unpaired) electrons. The summed E-state index contributed by atoms with van der Waals surface area (Å²) in [5.41, 5.74) is 0.582. The van der Waals surface area contributed by atoms with Crippen LogP contribution in [-0.4, -0.2) is 39.9 Å². The number of hydrogen-bond donors (Lipinski definition) is 1. The highest BCUT2D eigenvalue weighted by molar-refractivity contribution is 6.30. The normalized spacial score (nSPS) is 19.7. The Balaban J connectivity index is 1.32. The molecule has 1 atom stereocenters. The van der Waals surface area contributed by atoms with E-state index in [4.69, 9.17) is 16.1 Å². The quantitative estimate of drug-likeness (QED) is 0.850. The van der Waals surface area contributed by atoms with Crippen molar-refractivity contribution in [1.82, 2.24) is 20.4 Å². The van der Waals surface area contributed by atoms with E-state index in [1.807, 2.05) is 0 Å². The van der Waals surface area contributed by atoms with Gasteiger partial charge in [-0.1, -0.05) is 16.8 Å². The Kier molecular flexibility index (Phi) is 5.11. The van der Waals surface area contributed by atoms with Gasteiger partial charge in [0.25, 0.3) is 5.91 Å². The molecule has 142 valence electrons. The van der Waals surface area contributed by atoms with E-state index in [2.05, 4.69) is 15.5 Å². The third-order valence-electron chi connectivity index (χ3n) is 5.01. The zero-order valence-corrected chi connectivity index (χ0v) is 15.6. The average Bonchev–Trinajstić information content (AvgIpc) is 3.44. The van der Waals surface area contributed by atoms with Gasteiger partial charge in [0, 0.05) is 29.6 Å². The number of amides is 2. The fourth-order valence-corrected chi connectivity index (χ4v) is 3.43. The van der Waals surface area contributed by atoms with Gasteiger partial charge < -0.3 is 14.7 Å². The zero-order valence-electron chi connectivity index (χ0n) is 14.9. The Bertz CT molecular complexity index is 832. The van der Waals surface area contributed by atoms with Gasteiger partial charge in [0.15, 0.2) is 5.82 Å². The van der Waals surface area contributed by atoms with Crippen LogP contribution in [0.5, 0.6) is 0 Å². The van der Waals surface area contributed by atoms with Crippen LogP contribution in [0.3, 0.4) is 0 Å². The molecule has 2 aliphatic rings. The molecular formula is C19H21ClN4O3. The zero-order chi connectivity index (χ0) is 18.8. The fourth-order valence-electron chi connectivity index (χ4n) is 3.30. The molecule has 27 heavy (non-hydrogen) atoms. The van der Waals surface area contributed by atoms with Crippen molar-refractivity contribution >= 4 is 23.4 Å². The van der Waals surface area contributed by atoms with Crippen molar-refractivity contribution in [3.63, 3.8) is 0 Å². The standard InChI is InChI=1S/C19H21ClN4O3/c20-15-7-5-13(6-8-15)19(26)24-9-1-2-14(11-24)18(25)21-10-16-22-17(23-27-16)12-3-4-12/h5-8,12,14H,1-4,9-11H2,(H,21,25). The van der Waals surface area contributed by atoms with Gasteiger partial charge in [0.2, 0.25) is 11.8 Å². The highest BCUT2D eigenvalue weighted by atomic mass is 35.5. The summed E-state index contributed by atoms with van der Waals surface area (Å²) >= 11 is 5.88. The van der Waals surface area contributed by atoms with Crippen LogP contribution in [0.4, 0.5) is 0 Å². The molecule has 2 fully saturated rings. The number of carbonyl (C=O) groups excluding carboxylic acids is 2. The van der Waals surface area contributed by atoms with Crippen LogP contribution >= 0.6 is 11.6 Å². The summed E-state index contributed by atoms with van der Waals surface area (Å²) in [5, 5.41) is 7.39. The molecule has 0 spiro atoms. The highest BCUT2D eigenvalue weighted by Gasteiger charge is 2.30. The van der Waals surface area contributed by atoms with Gasteiger partial charge in [-0.15, -0.1) is 0 Å². The number of piperidine rings is 1. The summed E-state index contributed by atoms with van der Waals surface area (Å²) in [6, 6.07) is 6.81. The number of nitrogens with one attached hydrogen (secondary N) is 1. The number of halogens is 1. The van der Waals surface area contributed by atoms with Crippen molar-refractivity contribution < 1.29 is 14.1 Å². The van der Waals surface area contributed by atoms with Gasteiger partial charge in [-0.2, -0.15) is 4.98 Å². The molecule has 0 bridgehead atoms. The lowest BCUT2D eigenvalue weighted by Crippen LogP contribution is -2.45. The van der Waals surface area contributed by atoms with E-state index in [0.29, 0.717) is 35.5 Å². The van der Waals surface area contributed by atoms with E-state index in [-0.39, 0.29) is 24.3 Å². The topological polar surface area (TPSA) is 88.3 Å². The number of benzene rings is 1. The van der Waals surface area contributed by atoms with Crippen LogP contribution in [0, 0.1) is 5.92 Å². The number of carbonyl (C=O) groups is 2. The van der Waals surface area contributed by atoms with Gasteiger partial charge in [0.1, 0.15) is 0 Å². The number of hydrogen-bond acceptors (Lipinski definition) is 5. The lowest BCUT2D eigenvalue weighted by molar-refractivity contribution is -0.126. The van der Waals surface area contributed by atoms with E-state index >= 15 is 0 Å². The maximum absolute atomic E-state index is 12.6. The molecule has 8 heteroatoms. The Morgan fingerprint density at radius 3 is 2.74 bits per heavy atom. The second kappa shape index (κ2) is 7.68. The number of nitrogens with zero attached hydrogens (tertiary/aromatic N) is 3. The minimum Gasteiger partial charge on any atom is -0.347 e. The first kappa shape index (κ1) is 18.0. The van der Waals surface area contributed by atoms with Crippen LogP contribution in [0.15, 0.2) is 28.8 Å². The molecule has 1 saturated heterocycles. The van der Waals surface area contributed by atoms with Crippen molar-refractivity contribution in [3.8, 4) is 0 Å². The van der Waals surface area contributed by atoms with Crippen LogP contribution < -0.4 is 5.32 Å². The Labute approximate surface area is 162 Å². The molecule has 1 aliphatic carbocycles. The number of aromatic nitrogens is 2. The summed E-state index contributed by atoms with van der Waals surface area (Å²) in [4.78, 5) is 31.2. The molecule has 2 aromatic rings. The van der Waals surface area contributed by atoms with Crippen molar-refractivity contribution in [2.45, 2.75) is 38.1 Å². The van der Waals surface area contributed by atoms with Crippen molar-refractivity contribution in [3.05, 3.63) is 46.6 Å². The fraction of sp³-hybridized carbons (Fsp3) is 0.474. The number of rotatable bonds is 5. The van der Waals surface area contributed by atoms with Crippen LogP contribution in [0.2, 0.25) is 5.02 Å². The van der Waals surface area contributed by atoms with Gasteiger partial charge in [-0.25, -0.2) is 0 Å². The Hall–Kier alpha value is -2.41. The molecule has 7 nitrogen and oxygen atoms in total. The largest absolute Gasteiger partial charge is 0.347 e. The van der Waals surface area contributed by atoms with Gasteiger partial charge in [0.05, 0.1) is 12.5 Å². The minimum absolute atomic E-state index is 0.0739. The maximum atomic E-state index is 12.6. The summed E-state index contributed by atoms with van der Waals surface area (Å²) < 4.78 is 5.18. The second-order valence-electron chi connectivity index (χ2n) is 7.14. The maximum Gasteiger partial charge on any atom is 0.253 e. The first-order valence-corrected chi connectivity index (χ1v) is 9.63. The minimum atomic E-state index is -0.235.